The molecule has 4 rings (SSSR count). The van der Waals surface area contributed by atoms with Crippen molar-refractivity contribution in [3.8, 4) is 17.2 Å². The number of anilines is 2. The average molecular weight is 341 g/mol. The summed E-state index contributed by atoms with van der Waals surface area (Å²) in [6, 6.07) is 15.5. The predicted octanol–water partition coefficient (Wildman–Crippen LogP) is 4.47. The maximum Gasteiger partial charge on any atom is 0.0998 e. The van der Waals surface area contributed by atoms with Gasteiger partial charge >= 0.3 is 0 Å². The SMILES string of the molecule is CN1c2cc(-c3ccccc3C#N)ccc2N(CC2CC2)S1(O)O. The molecule has 0 radical (unpaired) electrons. The monoisotopic (exact) mass is 341 g/mol. The zero-order chi connectivity index (χ0) is 16.9. The lowest BCUT2D eigenvalue weighted by molar-refractivity contribution is 0.481. The molecular weight excluding hydrogens is 322 g/mol. The van der Waals surface area contributed by atoms with Crippen LogP contribution in [0.1, 0.15) is 18.4 Å². The Morgan fingerprint density at radius 2 is 1.92 bits per heavy atom. The average Bonchev–Trinajstić information content (AvgIpc) is 3.39. The molecule has 0 bridgehead atoms. The van der Waals surface area contributed by atoms with Crippen molar-refractivity contribution >= 4 is 22.3 Å². The minimum Gasteiger partial charge on any atom is -0.264 e. The van der Waals surface area contributed by atoms with Crippen molar-refractivity contribution in [3.63, 3.8) is 0 Å². The number of benzene rings is 2. The van der Waals surface area contributed by atoms with Gasteiger partial charge in [-0.3, -0.25) is 17.7 Å². The van der Waals surface area contributed by atoms with Gasteiger partial charge in [-0.1, -0.05) is 24.3 Å². The van der Waals surface area contributed by atoms with E-state index in [1.54, 1.807) is 21.7 Å². The Balaban J connectivity index is 1.79. The molecule has 2 aromatic rings. The summed E-state index contributed by atoms with van der Waals surface area (Å²) >= 11 is 0. The number of hydrogen-bond donors (Lipinski definition) is 2. The summed E-state index contributed by atoms with van der Waals surface area (Å²) in [5.74, 6) is 0.550. The summed E-state index contributed by atoms with van der Waals surface area (Å²) in [5, 5.41) is 9.31. The first-order valence-electron chi connectivity index (χ1n) is 7.95. The number of rotatable bonds is 3. The standard InChI is InChI=1S/C18H19N3O2S/c1-20-18-10-14(16-5-3-2-4-15(16)11-19)8-9-17(18)21(24(20,22)23)12-13-6-7-13/h2-5,8-10,13,22-23H,6-7,12H2,1H3. The summed E-state index contributed by atoms with van der Waals surface area (Å²) in [5.41, 5.74) is 4.01. The first-order valence-corrected chi connectivity index (χ1v) is 9.42. The Bertz CT molecular complexity index is 842. The van der Waals surface area contributed by atoms with Crippen molar-refractivity contribution in [3.05, 3.63) is 48.0 Å². The lowest BCUT2D eigenvalue weighted by atomic mass is 9.99. The Kier molecular flexibility index (Phi) is 3.46. The molecule has 124 valence electrons. The first-order chi connectivity index (χ1) is 11.5. The van der Waals surface area contributed by atoms with Crippen molar-refractivity contribution in [2.75, 3.05) is 22.2 Å². The van der Waals surface area contributed by atoms with Crippen LogP contribution in [0.25, 0.3) is 11.1 Å². The Morgan fingerprint density at radius 1 is 1.17 bits per heavy atom. The quantitative estimate of drug-likeness (QED) is 0.862. The third kappa shape index (κ3) is 2.33. The minimum absolute atomic E-state index is 0.550. The van der Waals surface area contributed by atoms with Gasteiger partial charge < -0.3 is 0 Å². The van der Waals surface area contributed by atoms with E-state index in [1.165, 1.54) is 0 Å². The normalized spacial score (nSPS) is 19.8. The van der Waals surface area contributed by atoms with Crippen LogP contribution in [0.15, 0.2) is 42.5 Å². The second kappa shape index (κ2) is 5.42. The molecule has 1 saturated carbocycles. The number of nitrogens with zero attached hydrogens (tertiary/aromatic N) is 3. The molecule has 2 N–H and O–H groups in total. The highest BCUT2D eigenvalue weighted by Gasteiger charge is 2.41. The van der Waals surface area contributed by atoms with Crippen LogP contribution in [0, 0.1) is 17.2 Å². The van der Waals surface area contributed by atoms with E-state index in [4.69, 9.17) is 0 Å². The highest BCUT2D eigenvalue weighted by molar-refractivity contribution is 8.26. The van der Waals surface area contributed by atoms with E-state index in [9.17, 15) is 14.4 Å². The summed E-state index contributed by atoms with van der Waals surface area (Å²) in [4.78, 5) is 0. The summed E-state index contributed by atoms with van der Waals surface area (Å²) in [6.45, 7) is 0.674. The van der Waals surface area contributed by atoms with Crippen LogP contribution in [0.4, 0.5) is 11.4 Å². The molecule has 5 nitrogen and oxygen atoms in total. The molecule has 6 heteroatoms. The van der Waals surface area contributed by atoms with E-state index in [-0.39, 0.29) is 0 Å². The topological polar surface area (TPSA) is 70.7 Å². The molecule has 0 unspecified atom stereocenters. The third-order valence-electron chi connectivity index (χ3n) is 4.73. The lowest BCUT2D eigenvalue weighted by Crippen LogP contribution is -2.32. The van der Waals surface area contributed by atoms with Crippen LogP contribution in [0.2, 0.25) is 0 Å². The molecule has 0 aromatic heterocycles. The maximum atomic E-state index is 10.6. The van der Waals surface area contributed by atoms with E-state index >= 15 is 0 Å². The van der Waals surface area contributed by atoms with Crippen LogP contribution >= 0.6 is 11.0 Å². The van der Waals surface area contributed by atoms with Crippen LogP contribution in [0.3, 0.4) is 0 Å². The highest BCUT2D eigenvalue weighted by atomic mass is 32.3. The smallest absolute Gasteiger partial charge is 0.0998 e. The van der Waals surface area contributed by atoms with Crippen LogP contribution in [0.5, 0.6) is 0 Å². The Morgan fingerprint density at radius 3 is 2.62 bits per heavy atom. The molecule has 0 amide bonds. The van der Waals surface area contributed by atoms with Gasteiger partial charge in [0, 0.05) is 13.6 Å². The van der Waals surface area contributed by atoms with Gasteiger partial charge in [-0.15, -0.1) is 0 Å². The van der Waals surface area contributed by atoms with Crippen LogP contribution in [-0.4, -0.2) is 22.7 Å². The van der Waals surface area contributed by atoms with Gasteiger partial charge in [0.2, 0.25) is 0 Å². The van der Waals surface area contributed by atoms with Crippen molar-refractivity contribution in [2.24, 2.45) is 5.92 Å². The summed E-state index contributed by atoms with van der Waals surface area (Å²) in [6.07, 6.45) is 2.30. The number of nitriles is 1. The molecule has 1 aliphatic heterocycles. The molecule has 2 aliphatic rings. The summed E-state index contributed by atoms with van der Waals surface area (Å²) in [7, 11) is -1.28. The molecular formula is C18H19N3O2S. The number of hydrogen-bond acceptors (Lipinski definition) is 5. The predicted molar refractivity (Wildman–Crippen MR) is 97.9 cm³/mol. The second-order valence-corrected chi connectivity index (χ2v) is 8.32. The molecule has 0 saturated heterocycles. The van der Waals surface area contributed by atoms with E-state index in [2.05, 4.69) is 6.07 Å². The molecule has 1 heterocycles. The van der Waals surface area contributed by atoms with Crippen molar-refractivity contribution < 1.29 is 9.11 Å². The molecule has 24 heavy (non-hydrogen) atoms. The van der Waals surface area contributed by atoms with Gasteiger partial charge in [0.25, 0.3) is 0 Å². The third-order valence-corrected chi connectivity index (χ3v) is 6.59. The van der Waals surface area contributed by atoms with E-state index in [0.717, 1.165) is 35.3 Å². The molecule has 2 aromatic carbocycles. The van der Waals surface area contributed by atoms with E-state index < -0.39 is 11.0 Å². The van der Waals surface area contributed by atoms with E-state index in [0.29, 0.717) is 18.0 Å². The van der Waals surface area contributed by atoms with Crippen molar-refractivity contribution in [2.45, 2.75) is 12.8 Å². The van der Waals surface area contributed by atoms with Gasteiger partial charge in [-0.2, -0.15) is 5.26 Å². The lowest BCUT2D eigenvalue weighted by Gasteiger charge is -2.42. The Labute approximate surface area is 143 Å². The fourth-order valence-corrected chi connectivity index (χ4v) is 4.67. The molecule has 1 fully saturated rings. The summed E-state index contributed by atoms with van der Waals surface area (Å²) < 4.78 is 24.5. The molecule has 1 aliphatic carbocycles. The minimum atomic E-state index is -2.99. The Hall–Kier alpha value is -2.20. The number of fused-ring (bicyclic) bond motifs is 1. The zero-order valence-corrected chi connectivity index (χ0v) is 14.2. The van der Waals surface area contributed by atoms with Gasteiger partial charge in [0.15, 0.2) is 0 Å². The van der Waals surface area contributed by atoms with Gasteiger partial charge in [-0.05, 0) is 59.0 Å². The second-order valence-electron chi connectivity index (χ2n) is 6.35. The van der Waals surface area contributed by atoms with Crippen LogP contribution < -0.4 is 8.61 Å². The van der Waals surface area contributed by atoms with Crippen molar-refractivity contribution in [1.29, 1.82) is 5.26 Å². The van der Waals surface area contributed by atoms with E-state index in [1.807, 2.05) is 36.4 Å². The molecule has 0 atom stereocenters. The van der Waals surface area contributed by atoms with Gasteiger partial charge in [0.05, 0.1) is 23.0 Å². The van der Waals surface area contributed by atoms with Crippen molar-refractivity contribution in [1.82, 2.24) is 0 Å². The highest BCUT2D eigenvalue weighted by Crippen LogP contribution is 2.61. The molecule has 0 spiro atoms. The zero-order valence-electron chi connectivity index (χ0n) is 13.4. The fourth-order valence-electron chi connectivity index (χ4n) is 3.13. The van der Waals surface area contributed by atoms with Crippen LogP contribution in [-0.2, 0) is 0 Å². The first kappa shape index (κ1) is 15.3. The maximum absolute atomic E-state index is 10.6. The fraction of sp³-hybridized carbons (Fsp3) is 0.278. The van der Waals surface area contributed by atoms with Gasteiger partial charge in [0.1, 0.15) is 0 Å². The largest absolute Gasteiger partial charge is 0.264 e. The van der Waals surface area contributed by atoms with Gasteiger partial charge in [-0.25, -0.2) is 0 Å².